The highest BCUT2D eigenvalue weighted by molar-refractivity contribution is 6.01. The van der Waals surface area contributed by atoms with Crippen LogP contribution in [0.1, 0.15) is 44.9 Å². The Labute approximate surface area is 185 Å². The van der Waals surface area contributed by atoms with Gasteiger partial charge in [0.05, 0.1) is 31.3 Å². The maximum Gasteiger partial charge on any atom is 0.345 e. The van der Waals surface area contributed by atoms with Crippen LogP contribution in [0.15, 0.2) is 18.2 Å². The van der Waals surface area contributed by atoms with Gasteiger partial charge in [0.1, 0.15) is 5.56 Å². The van der Waals surface area contributed by atoms with Gasteiger partial charge >= 0.3 is 5.97 Å². The number of aromatic nitrogens is 1. The van der Waals surface area contributed by atoms with Crippen LogP contribution in [-0.4, -0.2) is 54.8 Å². The number of nitro groups is 1. The Bertz CT molecular complexity index is 1040. The van der Waals surface area contributed by atoms with E-state index in [9.17, 15) is 19.7 Å². The Hall–Kier alpha value is -3.40. The summed E-state index contributed by atoms with van der Waals surface area (Å²) in [6.45, 7) is 4.58. The third-order valence-corrected chi connectivity index (χ3v) is 5.54. The lowest BCUT2D eigenvalue weighted by molar-refractivity contribution is -0.385. The Kier molecular flexibility index (Phi) is 7.14. The fraction of sp³-hybridized carbons (Fsp3) is 0.455. The molecule has 10 nitrogen and oxygen atoms in total. The first-order valence-corrected chi connectivity index (χ1v) is 10.2. The van der Waals surface area contributed by atoms with Gasteiger partial charge < -0.3 is 23.5 Å². The van der Waals surface area contributed by atoms with Crippen molar-refractivity contribution < 1.29 is 33.5 Å². The Balaban J connectivity index is 1.75. The van der Waals surface area contributed by atoms with Gasteiger partial charge in [-0.2, -0.15) is 0 Å². The summed E-state index contributed by atoms with van der Waals surface area (Å²) in [5.41, 5.74) is 1.27. The van der Waals surface area contributed by atoms with Crippen LogP contribution in [0.5, 0.6) is 11.5 Å². The largest absolute Gasteiger partial charge is 0.493 e. The highest BCUT2D eigenvalue weighted by atomic mass is 16.6. The molecular weight excluding hydrogens is 420 g/mol. The van der Waals surface area contributed by atoms with Gasteiger partial charge in [0, 0.05) is 36.2 Å². The van der Waals surface area contributed by atoms with Crippen LogP contribution in [0.2, 0.25) is 0 Å². The number of aryl methyl sites for hydroxylation is 1. The number of hydrogen-bond donors (Lipinski definition) is 0. The van der Waals surface area contributed by atoms with E-state index in [1.165, 1.54) is 14.2 Å². The zero-order chi connectivity index (χ0) is 23.4. The fourth-order valence-electron chi connectivity index (χ4n) is 3.83. The second kappa shape index (κ2) is 9.82. The minimum atomic E-state index is -1.00. The smallest absolute Gasteiger partial charge is 0.345 e. The summed E-state index contributed by atoms with van der Waals surface area (Å²) < 4.78 is 23.0. The van der Waals surface area contributed by atoms with Gasteiger partial charge in [-0.25, -0.2) is 4.79 Å². The van der Waals surface area contributed by atoms with E-state index in [0.717, 1.165) is 43.0 Å². The van der Waals surface area contributed by atoms with Crippen LogP contribution in [0, 0.1) is 24.0 Å². The number of nitro benzene ring substituents is 1. The molecular formula is C22H26N2O8. The molecule has 0 N–H and O–H groups in total. The normalized spacial score (nSPS) is 15.4. The lowest BCUT2D eigenvalue weighted by Crippen LogP contribution is -2.18. The zero-order valence-electron chi connectivity index (χ0n) is 18.5. The second-order valence-electron chi connectivity index (χ2n) is 7.51. The lowest BCUT2D eigenvalue weighted by Gasteiger charge is -2.14. The molecule has 1 saturated heterocycles. The fourth-order valence-corrected chi connectivity index (χ4v) is 3.83. The van der Waals surface area contributed by atoms with Crippen molar-refractivity contribution in [2.45, 2.75) is 39.3 Å². The van der Waals surface area contributed by atoms with Gasteiger partial charge in [0.2, 0.25) is 5.78 Å². The predicted octanol–water partition coefficient (Wildman–Crippen LogP) is 3.25. The number of Topliss-reactive ketones (excluding diaryl/α,β-unsaturated/α-hetero) is 1. The van der Waals surface area contributed by atoms with Crippen molar-refractivity contribution in [1.29, 1.82) is 0 Å². The average Bonchev–Trinajstić information content (AvgIpc) is 3.39. The molecule has 1 aliphatic rings. The van der Waals surface area contributed by atoms with E-state index in [2.05, 4.69) is 0 Å². The van der Waals surface area contributed by atoms with Crippen LogP contribution in [0.4, 0.5) is 5.69 Å². The standard InChI is InChI=1S/C22H26N2O8/c1-13-8-16(14(2)23(13)11-15-6-5-7-31-15)19(25)12-32-22(26)17-9-20(29-3)21(30-4)10-18(17)24(27)28/h8-10,15H,5-7,11-12H2,1-4H3/t15-/m0/s1. The quantitative estimate of drug-likeness (QED) is 0.249. The Morgan fingerprint density at radius 1 is 1.16 bits per heavy atom. The molecule has 0 spiro atoms. The summed E-state index contributed by atoms with van der Waals surface area (Å²) in [5, 5.41) is 11.4. The molecule has 2 aromatic rings. The van der Waals surface area contributed by atoms with Crippen LogP contribution in [0.3, 0.4) is 0 Å². The zero-order valence-corrected chi connectivity index (χ0v) is 18.5. The summed E-state index contributed by atoms with van der Waals surface area (Å²) in [6.07, 6.45) is 2.11. The minimum Gasteiger partial charge on any atom is -0.493 e. The van der Waals surface area contributed by atoms with Crippen molar-refractivity contribution in [3.05, 3.63) is 50.8 Å². The van der Waals surface area contributed by atoms with Gasteiger partial charge in [-0.05, 0) is 32.8 Å². The van der Waals surface area contributed by atoms with Crippen LogP contribution < -0.4 is 9.47 Å². The van der Waals surface area contributed by atoms with E-state index >= 15 is 0 Å². The molecule has 1 aromatic carbocycles. The SMILES string of the molecule is COc1cc(C(=O)OCC(=O)c2cc(C)n(C[C@@H]3CCCO3)c2C)c([N+](=O)[O-])cc1OC. The minimum absolute atomic E-state index is 0.102. The summed E-state index contributed by atoms with van der Waals surface area (Å²) in [6, 6.07) is 3.99. The van der Waals surface area contributed by atoms with E-state index in [0.29, 0.717) is 12.1 Å². The molecule has 0 radical (unpaired) electrons. The first-order chi connectivity index (χ1) is 15.3. The lowest BCUT2D eigenvalue weighted by atomic mass is 10.1. The van der Waals surface area contributed by atoms with Crippen molar-refractivity contribution in [2.75, 3.05) is 27.4 Å². The Morgan fingerprint density at radius 2 is 1.84 bits per heavy atom. The van der Waals surface area contributed by atoms with Crippen molar-refractivity contribution in [1.82, 2.24) is 4.57 Å². The maximum atomic E-state index is 12.7. The molecule has 32 heavy (non-hydrogen) atoms. The first kappa shape index (κ1) is 23.3. The van der Waals surface area contributed by atoms with Gasteiger partial charge in [-0.3, -0.25) is 14.9 Å². The molecule has 1 aromatic heterocycles. The molecule has 0 unspecified atom stereocenters. The number of carbonyl (C=O) groups is 2. The first-order valence-electron chi connectivity index (χ1n) is 10.2. The van der Waals surface area contributed by atoms with Crippen molar-refractivity contribution in [3.8, 4) is 11.5 Å². The number of ketones is 1. The van der Waals surface area contributed by atoms with Gasteiger partial charge in [0.25, 0.3) is 5.69 Å². The molecule has 1 aliphatic heterocycles. The molecule has 10 heteroatoms. The predicted molar refractivity (Wildman–Crippen MR) is 114 cm³/mol. The van der Waals surface area contributed by atoms with E-state index in [1.807, 2.05) is 18.4 Å². The number of benzene rings is 1. The molecule has 3 rings (SSSR count). The number of rotatable bonds is 9. The monoisotopic (exact) mass is 446 g/mol. The van der Waals surface area contributed by atoms with Crippen molar-refractivity contribution in [2.24, 2.45) is 0 Å². The van der Waals surface area contributed by atoms with Gasteiger partial charge in [0.15, 0.2) is 18.1 Å². The van der Waals surface area contributed by atoms with Crippen molar-refractivity contribution >= 4 is 17.4 Å². The molecule has 1 fully saturated rings. The number of ether oxygens (including phenoxy) is 4. The highest BCUT2D eigenvalue weighted by Crippen LogP contribution is 2.34. The van der Waals surface area contributed by atoms with Crippen LogP contribution >= 0.6 is 0 Å². The number of nitrogens with zero attached hydrogens (tertiary/aromatic N) is 2. The summed E-state index contributed by atoms with van der Waals surface area (Å²) in [5.74, 6) is -1.16. The van der Waals surface area contributed by atoms with Gasteiger partial charge in [-0.15, -0.1) is 0 Å². The number of carbonyl (C=O) groups excluding carboxylic acids is 2. The van der Waals surface area contributed by atoms with Crippen LogP contribution in [-0.2, 0) is 16.0 Å². The number of methoxy groups -OCH3 is 2. The third kappa shape index (κ3) is 4.75. The van der Waals surface area contributed by atoms with Gasteiger partial charge in [-0.1, -0.05) is 0 Å². The molecule has 0 saturated carbocycles. The van der Waals surface area contributed by atoms with Crippen molar-refractivity contribution in [3.63, 3.8) is 0 Å². The number of hydrogen-bond acceptors (Lipinski definition) is 8. The molecule has 172 valence electrons. The molecule has 1 atom stereocenters. The molecule has 0 aliphatic carbocycles. The highest BCUT2D eigenvalue weighted by Gasteiger charge is 2.27. The topological polar surface area (TPSA) is 119 Å². The number of esters is 1. The second-order valence-corrected chi connectivity index (χ2v) is 7.51. The molecule has 0 bridgehead atoms. The van der Waals surface area contributed by atoms with E-state index in [-0.39, 0.29) is 23.2 Å². The summed E-state index contributed by atoms with van der Waals surface area (Å²) in [7, 11) is 2.67. The average molecular weight is 446 g/mol. The Morgan fingerprint density at radius 3 is 2.44 bits per heavy atom. The maximum absolute atomic E-state index is 12.7. The summed E-state index contributed by atoms with van der Waals surface area (Å²) in [4.78, 5) is 36.0. The van der Waals surface area contributed by atoms with Crippen LogP contribution in [0.25, 0.3) is 0 Å². The molecule has 0 amide bonds. The van der Waals surface area contributed by atoms with E-state index in [4.69, 9.17) is 18.9 Å². The van der Waals surface area contributed by atoms with E-state index in [1.54, 1.807) is 6.07 Å². The summed E-state index contributed by atoms with van der Waals surface area (Å²) >= 11 is 0. The van der Waals surface area contributed by atoms with E-state index < -0.39 is 29.0 Å². The third-order valence-electron chi connectivity index (χ3n) is 5.54. The molecule has 2 heterocycles.